The van der Waals surface area contributed by atoms with Crippen LogP contribution in [-0.2, 0) is 9.84 Å². The Bertz CT molecular complexity index is 459. The van der Waals surface area contributed by atoms with E-state index in [2.05, 4.69) is 15.3 Å². The Balaban J connectivity index is 2.44. The van der Waals surface area contributed by atoms with Gasteiger partial charge < -0.3 is 10.2 Å². The molecule has 1 aromatic heterocycles. The van der Waals surface area contributed by atoms with E-state index < -0.39 is 9.84 Å². The van der Waals surface area contributed by atoms with Crippen LogP contribution >= 0.6 is 0 Å². The molecule has 0 radical (unpaired) electrons. The van der Waals surface area contributed by atoms with E-state index in [1.807, 2.05) is 19.0 Å². The monoisotopic (exact) mass is 258 g/mol. The standard InChI is InChI=1S/C10H18N4O2S/c1-14(2)10-12-7-5-9(13-10)11-6-4-8-17(3,15)16/h5,7H,4,6,8H2,1-3H3,(H,11,12,13). The Hall–Kier alpha value is -1.37. The van der Waals surface area contributed by atoms with Crippen molar-refractivity contribution >= 4 is 21.6 Å². The van der Waals surface area contributed by atoms with Crippen molar-refractivity contribution in [1.82, 2.24) is 9.97 Å². The molecule has 0 saturated carbocycles. The van der Waals surface area contributed by atoms with E-state index in [1.165, 1.54) is 6.26 Å². The maximum Gasteiger partial charge on any atom is 0.226 e. The summed E-state index contributed by atoms with van der Waals surface area (Å²) in [5.41, 5.74) is 0. The molecule has 17 heavy (non-hydrogen) atoms. The van der Waals surface area contributed by atoms with Crippen molar-refractivity contribution < 1.29 is 8.42 Å². The van der Waals surface area contributed by atoms with E-state index in [0.717, 1.165) is 0 Å². The molecule has 0 unspecified atom stereocenters. The topological polar surface area (TPSA) is 75.2 Å². The summed E-state index contributed by atoms with van der Waals surface area (Å²) in [6, 6.07) is 1.76. The molecule has 1 rings (SSSR count). The van der Waals surface area contributed by atoms with Crippen LogP contribution in [0.1, 0.15) is 6.42 Å². The number of nitrogens with one attached hydrogen (secondary N) is 1. The van der Waals surface area contributed by atoms with Gasteiger partial charge in [-0.25, -0.2) is 13.4 Å². The number of nitrogens with zero attached hydrogens (tertiary/aromatic N) is 3. The molecule has 0 spiro atoms. The molecule has 0 bridgehead atoms. The van der Waals surface area contributed by atoms with Crippen LogP contribution in [0.3, 0.4) is 0 Å². The molecular formula is C10H18N4O2S. The van der Waals surface area contributed by atoms with E-state index in [9.17, 15) is 8.42 Å². The Morgan fingerprint density at radius 3 is 2.71 bits per heavy atom. The van der Waals surface area contributed by atoms with E-state index in [4.69, 9.17) is 0 Å². The molecule has 1 N–H and O–H groups in total. The molecule has 0 aliphatic rings. The fourth-order valence-corrected chi connectivity index (χ4v) is 1.88. The van der Waals surface area contributed by atoms with Gasteiger partial charge in [0.25, 0.3) is 0 Å². The first-order valence-corrected chi connectivity index (χ1v) is 7.36. The van der Waals surface area contributed by atoms with E-state index in [1.54, 1.807) is 12.3 Å². The average Bonchev–Trinajstić information content (AvgIpc) is 2.23. The first kappa shape index (κ1) is 13.7. The summed E-state index contributed by atoms with van der Waals surface area (Å²) >= 11 is 0. The first-order chi connectivity index (χ1) is 7.88. The van der Waals surface area contributed by atoms with Gasteiger partial charge in [-0.3, -0.25) is 0 Å². The first-order valence-electron chi connectivity index (χ1n) is 5.30. The third kappa shape index (κ3) is 5.48. The summed E-state index contributed by atoms with van der Waals surface area (Å²) in [7, 11) is 0.847. The number of hydrogen-bond acceptors (Lipinski definition) is 6. The van der Waals surface area contributed by atoms with Crippen LogP contribution in [0, 0.1) is 0 Å². The molecule has 0 fully saturated rings. The largest absolute Gasteiger partial charge is 0.370 e. The smallest absolute Gasteiger partial charge is 0.226 e. The predicted molar refractivity (Wildman–Crippen MR) is 69.2 cm³/mol. The number of rotatable bonds is 6. The molecule has 0 aliphatic carbocycles. The molecular weight excluding hydrogens is 240 g/mol. The molecule has 96 valence electrons. The SMILES string of the molecule is CN(C)c1nccc(NCCCS(C)(=O)=O)n1. The van der Waals surface area contributed by atoms with Gasteiger partial charge in [-0.2, -0.15) is 4.98 Å². The van der Waals surface area contributed by atoms with Crippen molar-refractivity contribution in [2.45, 2.75) is 6.42 Å². The quantitative estimate of drug-likeness (QED) is 0.744. The highest BCUT2D eigenvalue weighted by atomic mass is 32.2. The van der Waals surface area contributed by atoms with E-state index >= 15 is 0 Å². The summed E-state index contributed by atoms with van der Waals surface area (Å²) in [5, 5.41) is 3.07. The van der Waals surface area contributed by atoms with Gasteiger partial charge in [-0.15, -0.1) is 0 Å². The number of sulfone groups is 1. The lowest BCUT2D eigenvalue weighted by Gasteiger charge is -2.11. The molecule has 1 aromatic rings. The van der Waals surface area contributed by atoms with Crippen LogP contribution in [0.4, 0.5) is 11.8 Å². The molecule has 0 amide bonds. The summed E-state index contributed by atoms with van der Waals surface area (Å²) < 4.78 is 21.9. The molecule has 6 nitrogen and oxygen atoms in total. The van der Waals surface area contributed by atoms with E-state index in [0.29, 0.717) is 24.7 Å². The molecule has 7 heteroatoms. The Kier molecular flexibility index (Phi) is 4.68. The van der Waals surface area contributed by atoms with Crippen molar-refractivity contribution in [3.63, 3.8) is 0 Å². The van der Waals surface area contributed by atoms with Gasteiger partial charge in [0.15, 0.2) is 0 Å². The zero-order chi connectivity index (χ0) is 12.9. The van der Waals surface area contributed by atoms with Crippen molar-refractivity contribution in [3.8, 4) is 0 Å². The summed E-state index contributed by atoms with van der Waals surface area (Å²) in [5.74, 6) is 1.52. The zero-order valence-corrected chi connectivity index (χ0v) is 11.2. The van der Waals surface area contributed by atoms with Gasteiger partial charge in [-0.1, -0.05) is 0 Å². The summed E-state index contributed by atoms with van der Waals surface area (Å²) in [6.45, 7) is 0.580. The molecule has 0 aliphatic heterocycles. The number of hydrogen-bond donors (Lipinski definition) is 1. The minimum absolute atomic E-state index is 0.186. The van der Waals surface area contributed by atoms with Gasteiger partial charge in [0, 0.05) is 33.1 Å². The van der Waals surface area contributed by atoms with Crippen molar-refractivity contribution in [3.05, 3.63) is 12.3 Å². The highest BCUT2D eigenvalue weighted by Crippen LogP contribution is 2.07. The molecule has 0 aromatic carbocycles. The number of anilines is 2. The molecule has 1 heterocycles. The second-order valence-electron chi connectivity index (χ2n) is 4.05. The average molecular weight is 258 g/mol. The lowest BCUT2D eigenvalue weighted by atomic mass is 10.4. The van der Waals surface area contributed by atoms with Gasteiger partial charge in [-0.05, 0) is 12.5 Å². The maximum atomic E-state index is 10.9. The van der Waals surface area contributed by atoms with Crippen molar-refractivity contribution in [1.29, 1.82) is 0 Å². The van der Waals surface area contributed by atoms with Crippen molar-refractivity contribution in [2.24, 2.45) is 0 Å². The van der Waals surface area contributed by atoms with Gasteiger partial charge >= 0.3 is 0 Å². The Morgan fingerprint density at radius 2 is 2.12 bits per heavy atom. The fourth-order valence-electron chi connectivity index (χ4n) is 1.21. The zero-order valence-electron chi connectivity index (χ0n) is 10.3. The van der Waals surface area contributed by atoms with Gasteiger partial charge in [0.1, 0.15) is 15.7 Å². The van der Waals surface area contributed by atoms with Gasteiger partial charge in [0.05, 0.1) is 5.75 Å². The van der Waals surface area contributed by atoms with Crippen LogP contribution in [0.15, 0.2) is 12.3 Å². The second-order valence-corrected chi connectivity index (χ2v) is 6.31. The lowest BCUT2D eigenvalue weighted by Crippen LogP contribution is -2.14. The summed E-state index contributed by atoms with van der Waals surface area (Å²) in [4.78, 5) is 10.2. The molecule has 0 atom stereocenters. The Morgan fingerprint density at radius 1 is 1.41 bits per heavy atom. The minimum Gasteiger partial charge on any atom is -0.370 e. The normalized spacial score (nSPS) is 11.2. The predicted octanol–water partition coefficient (Wildman–Crippen LogP) is 0.389. The van der Waals surface area contributed by atoms with Crippen LogP contribution in [-0.4, -0.2) is 51.0 Å². The maximum absolute atomic E-state index is 10.9. The lowest BCUT2D eigenvalue weighted by molar-refractivity contribution is 0.600. The van der Waals surface area contributed by atoms with Gasteiger partial charge in [0.2, 0.25) is 5.95 Å². The highest BCUT2D eigenvalue weighted by molar-refractivity contribution is 7.90. The third-order valence-corrected chi connectivity index (χ3v) is 3.07. The summed E-state index contributed by atoms with van der Waals surface area (Å²) in [6.07, 6.45) is 3.48. The van der Waals surface area contributed by atoms with Crippen LogP contribution in [0.5, 0.6) is 0 Å². The van der Waals surface area contributed by atoms with Crippen molar-refractivity contribution in [2.75, 3.05) is 42.9 Å². The van der Waals surface area contributed by atoms with Crippen LogP contribution < -0.4 is 10.2 Å². The second kappa shape index (κ2) is 5.81. The van der Waals surface area contributed by atoms with Crippen LogP contribution in [0.2, 0.25) is 0 Å². The fraction of sp³-hybridized carbons (Fsp3) is 0.600. The van der Waals surface area contributed by atoms with Crippen LogP contribution in [0.25, 0.3) is 0 Å². The highest BCUT2D eigenvalue weighted by Gasteiger charge is 2.03. The third-order valence-electron chi connectivity index (χ3n) is 2.04. The number of aromatic nitrogens is 2. The van der Waals surface area contributed by atoms with E-state index in [-0.39, 0.29) is 5.75 Å². The molecule has 0 saturated heterocycles. The minimum atomic E-state index is -2.88. The Labute approximate surface area is 102 Å².